The summed E-state index contributed by atoms with van der Waals surface area (Å²) in [7, 11) is -3.54. The highest BCUT2D eigenvalue weighted by molar-refractivity contribution is 7.89. The Morgan fingerprint density at radius 3 is 2.29 bits per heavy atom. The van der Waals surface area contributed by atoms with Crippen LogP contribution in [0.5, 0.6) is 0 Å². The summed E-state index contributed by atoms with van der Waals surface area (Å²) < 4.78 is 32.0. The zero-order chi connectivity index (χ0) is 15.7. The van der Waals surface area contributed by atoms with Crippen LogP contribution in [0, 0.1) is 6.92 Å². The van der Waals surface area contributed by atoms with E-state index >= 15 is 0 Å². The summed E-state index contributed by atoms with van der Waals surface area (Å²) in [6.07, 6.45) is 1.44. The number of hydrogen-bond donors (Lipinski definition) is 1. The van der Waals surface area contributed by atoms with Crippen LogP contribution in [0.3, 0.4) is 0 Å². The van der Waals surface area contributed by atoms with Crippen LogP contribution in [0.25, 0.3) is 0 Å². The van der Waals surface area contributed by atoms with Crippen molar-refractivity contribution in [1.82, 2.24) is 9.71 Å². The Balaban J connectivity index is 2.12. The van der Waals surface area contributed by atoms with Gasteiger partial charge in [0.25, 0.3) is 0 Å². The molecule has 1 aromatic heterocycles. The molecular weight excluding hydrogens is 288 g/mol. The third-order valence-corrected chi connectivity index (χ3v) is 4.56. The minimum Gasteiger partial charge on any atom is -0.449 e. The van der Waals surface area contributed by atoms with Crippen molar-refractivity contribution >= 4 is 10.0 Å². The van der Waals surface area contributed by atoms with E-state index in [0.717, 1.165) is 5.56 Å². The lowest BCUT2D eigenvalue weighted by Crippen LogP contribution is -2.23. The highest BCUT2D eigenvalue weighted by Crippen LogP contribution is 2.23. The number of oxazole rings is 1. The summed E-state index contributed by atoms with van der Waals surface area (Å²) >= 11 is 0. The van der Waals surface area contributed by atoms with E-state index in [2.05, 4.69) is 30.5 Å². The van der Waals surface area contributed by atoms with Crippen LogP contribution in [0.4, 0.5) is 0 Å². The van der Waals surface area contributed by atoms with Crippen LogP contribution in [-0.2, 0) is 22.0 Å². The smallest absolute Gasteiger partial charge is 0.240 e. The Morgan fingerprint density at radius 2 is 1.81 bits per heavy atom. The maximum Gasteiger partial charge on any atom is 0.240 e. The van der Waals surface area contributed by atoms with Crippen molar-refractivity contribution in [3.8, 4) is 0 Å². The first-order valence-electron chi connectivity index (χ1n) is 6.70. The van der Waals surface area contributed by atoms with E-state index in [-0.39, 0.29) is 16.9 Å². The van der Waals surface area contributed by atoms with Crippen molar-refractivity contribution in [3.05, 3.63) is 47.7 Å². The number of nitrogens with one attached hydrogen (secondary N) is 1. The molecule has 0 bridgehead atoms. The van der Waals surface area contributed by atoms with E-state index in [1.165, 1.54) is 6.26 Å². The van der Waals surface area contributed by atoms with Gasteiger partial charge in [0.2, 0.25) is 10.0 Å². The van der Waals surface area contributed by atoms with Crippen LogP contribution < -0.4 is 4.72 Å². The van der Waals surface area contributed by atoms with Gasteiger partial charge in [0.05, 0.1) is 17.1 Å². The van der Waals surface area contributed by atoms with Gasteiger partial charge in [-0.2, -0.15) is 0 Å². The minimum atomic E-state index is -3.54. The molecule has 2 rings (SSSR count). The van der Waals surface area contributed by atoms with E-state index < -0.39 is 10.0 Å². The SMILES string of the molecule is Cc1nc(CNS(=O)(=O)c2ccc(C(C)(C)C)cc2)co1. The molecule has 0 saturated heterocycles. The molecule has 21 heavy (non-hydrogen) atoms. The van der Waals surface area contributed by atoms with Crippen molar-refractivity contribution in [2.75, 3.05) is 0 Å². The molecule has 1 aromatic carbocycles. The quantitative estimate of drug-likeness (QED) is 0.942. The van der Waals surface area contributed by atoms with Gasteiger partial charge in [0.1, 0.15) is 6.26 Å². The molecular formula is C15H20N2O3S. The predicted molar refractivity (Wildman–Crippen MR) is 80.4 cm³/mol. The van der Waals surface area contributed by atoms with Gasteiger partial charge in [-0.1, -0.05) is 32.9 Å². The molecule has 5 nitrogen and oxygen atoms in total. The average Bonchev–Trinajstić information content (AvgIpc) is 2.82. The molecule has 0 spiro atoms. The molecule has 0 amide bonds. The molecule has 114 valence electrons. The molecule has 2 aromatic rings. The lowest BCUT2D eigenvalue weighted by Gasteiger charge is -2.19. The van der Waals surface area contributed by atoms with Gasteiger partial charge in [0.15, 0.2) is 5.89 Å². The molecule has 0 aliphatic carbocycles. The van der Waals surface area contributed by atoms with Crippen LogP contribution in [0.1, 0.15) is 37.9 Å². The van der Waals surface area contributed by atoms with Crippen molar-refractivity contribution in [2.45, 2.75) is 44.6 Å². The zero-order valence-electron chi connectivity index (χ0n) is 12.7. The van der Waals surface area contributed by atoms with Crippen LogP contribution in [-0.4, -0.2) is 13.4 Å². The number of aromatic nitrogens is 1. The van der Waals surface area contributed by atoms with Gasteiger partial charge in [0, 0.05) is 6.92 Å². The second kappa shape index (κ2) is 5.61. The summed E-state index contributed by atoms with van der Waals surface area (Å²) in [6, 6.07) is 6.93. The molecule has 0 aliphatic rings. The first kappa shape index (κ1) is 15.7. The molecule has 0 atom stereocenters. The Morgan fingerprint density at radius 1 is 1.19 bits per heavy atom. The van der Waals surface area contributed by atoms with Crippen molar-refractivity contribution in [3.63, 3.8) is 0 Å². The van der Waals surface area contributed by atoms with Crippen LogP contribution in [0.15, 0.2) is 39.8 Å². The van der Waals surface area contributed by atoms with E-state index in [4.69, 9.17) is 4.42 Å². The molecule has 1 N–H and O–H groups in total. The second-order valence-corrected chi connectivity index (χ2v) is 7.72. The number of sulfonamides is 1. The van der Waals surface area contributed by atoms with Gasteiger partial charge in [-0.25, -0.2) is 18.1 Å². The Bertz CT molecular complexity index is 710. The van der Waals surface area contributed by atoms with Gasteiger partial charge >= 0.3 is 0 Å². The molecule has 0 unspecified atom stereocenters. The summed E-state index contributed by atoms with van der Waals surface area (Å²) in [5.41, 5.74) is 1.64. The highest BCUT2D eigenvalue weighted by atomic mass is 32.2. The molecule has 0 fully saturated rings. The first-order valence-corrected chi connectivity index (χ1v) is 8.18. The monoisotopic (exact) mass is 308 g/mol. The van der Waals surface area contributed by atoms with Gasteiger partial charge in [-0.05, 0) is 23.1 Å². The van der Waals surface area contributed by atoms with Gasteiger partial charge < -0.3 is 4.42 Å². The fraction of sp³-hybridized carbons (Fsp3) is 0.400. The Labute approximate surface area is 125 Å². The minimum absolute atomic E-state index is 0.00599. The third kappa shape index (κ3) is 3.92. The first-order chi connectivity index (χ1) is 9.68. The normalized spacial score (nSPS) is 12.6. The molecule has 0 radical (unpaired) electrons. The lowest BCUT2D eigenvalue weighted by atomic mass is 9.87. The second-order valence-electron chi connectivity index (χ2n) is 5.96. The van der Waals surface area contributed by atoms with Crippen molar-refractivity contribution in [2.24, 2.45) is 0 Å². The Hall–Kier alpha value is -1.66. The summed E-state index contributed by atoms with van der Waals surface area (Å²) in [5.74, 6) is 0.513. The summed E-state index contributed by atoms with van der Waals surface area (Å²) in [6.45, 7) is 8.08. The fourth-order valence-corrected chi connectivity index (χ4v) is 2.87. The standard InChI is InChI=1S/C15H20N2O3S/c1-11-17-13(10-20-11)9-16-21(18,19)14-7-5-12(6-8-14)15(2,3)4/h5-8,10,16H,9H2,1-4H3. The summed E-state index contributed by atoms with van der Waals surface area (Å²) in [4.78, 5) is 4.31. The number of rotatable bonds is 4. The van der Waals surface area contributed by atoms with Gasteiger partial charge in [-0.3, -0.25) is 0 Å². The molecule has 6 heteroatoms. The topological polar surface area (TPSA) is 72.2 Å². The van der Waals surface area contributed by atoms with E-state index in [1.807, 2.05) is 12.1 Å². The number of aryl methyl sites for hydroxylation is 1. The zero-order valence-corrected chi connectivity index (χ0v) is 13.5. The fourth-order valence-electron chi connectivity index (χ4n) is 1.88. The average molecular weight is 308 g/mol. The van der Waals surface area contributed by atoms with E-state index in [9.17, 15) is 8.42 Å². The highest BCUT2D eigenvalue weighted by Gasteiger charge is 2.17. The van der Waals surface area contributed by atoms with Gasteiger partial charge in [-0.15, -0.1) is 0 Å². The molecule has 1 heterocycles. The Kier molecular flexibility index (Phi) is 4.20. The molecule has 0 aliphatic heterocycles. The van der Waals surface area contributed by atoms with E-state index in [0.29, 0.717) is 11.6 Å². The largest absolute Gasteiger partial charge is 0.449 e. The summed E-state index contributed by atoms with van der Waals surface area (Å²) in [5, 5.41) is 0. The van der Waals surface area contributed by atoms with Crippen molar-refractivity contribution < 1.29 is 12.8 Å². The lowest BCUT2D eigenvalue weighted by molar-refractivity contribution is 0.520. The van der Waals surface area contributed by atoms with E-state index in [1.54, 1.807) is 19.1 Å². The maximum atomic E-state index is 12.2. The number of nitrogens with zero attached hydrogens (tertiary/aromatic N) is 1. The third-order valence-electron chi connectivity index (χ3n) is 3.14. The van der Waals surface area contributed by atoms with Crippen molar-refractivity contribution in [1.29, 1.82) is 0 Å². The van der Waals surface area contributed by atoms with Crippen LogP contribution in [0.2, 0.25) is 0 Å². The van der Waals surface area contributed by atoms with Crippen LogP contribution >= 0.6 is 0 Å². The number of hydrogen-bond acceptors (Lipinski definition) is 4. The predicted octanol–water partition coefficient (Wildman–Crippen LogP) is 2.76. The maximum absolute atomic E-state index is 12.2. The number of benzene rings is 1. The molecule has 0 saturated carbocycles.